The van der Waals surface area contributed by atoms with Crippen molar-refractivity contribution in [3.63, 3.8) is 0 Å². The lowest BCUT2D eigenvalue weighted by molar-refractivity contribution is 0.0934. The Hall–Kier alpha value is -3.21. The van der Waals surface area contributed by atoms with E-state index in [9.17, 15) is 4.79 Å². The summed E-state index contributed by atoms with van der Waals surface area (Å²) in [6, 6.07) is 19.3. The van der Waals surface area contributed by atoms with Gasteiger partial charge in [-0.1, -0.05) is 48.0 Å². The molecule has 1 amide bonds. The zero-order valence-corrected chi connectivity index (χ0v) is 15.2. The quantitative estimate of drug-likeness (QED) is 0.722. The van der Waals surface area contributed by atoms with Crippen LogP contribution in [0.3, 0.4) is 0 Å². The van der Waals surface area contributed by atoms with Crippen LogP contribution >= 0.6 is 0 Å². The molecule has 0 saturated carbocycles. The van der Waals surface area contributed by atoms with Crippen molar-refractivity contribution in [1.82, 2.24) is 15.3 Å². The van der Waals surface area contributed by atoms with Gasteiger partial charge < -0.3 is 10.6 Å². The Morgan fingerprint density at radius 2 is 1.65 bits per heavy atom. The molecule has 26 heavy (non-hydrogen) atoms. The average Bonchev–Trinajstić information content (AvgIpc) is 2.64. The summed E-state index contributed by atoms with van der Waals surface area (Å²) in [5, 5.41) is 6.13. The van der Waals surface area contributed by atoms with E-state index in [-0.39, 0.29) is 11.9 Å². The van der Waals surface area contributed by atoms with Gasteiger partial charge in [-0.2, -0.15) is 0 Å². The van der Waals surface area contributed by atoms with Crippen molar-refractivity contribution in [2.24, 2.45) is 0 Å². The zero-order valence-electron chi connectivity index (χ0n) is 15.2. The first-order valence-electron chi connectivity index (χ1n) is 8.56. The maximum atomic E-state index is 12.6. The Balaban J connectivity index is 1.76. The summed E-state index contributed by atoms with van der Waals surface area (Å²) in [5.74, 6) is 0.185. The van der Waals surface area contributed by atoms with E-state index < -0.39 is 0 Å². The molecule has 2 N–H and O–H groups in total. The highest BCUT2D eigenvalue weighted by Crippen LogP contribution is 2.16. The van der Waals surface area contributed by atoms with E-state index in [2.05, 4.69) is 20.6 Å². The molecule has 3 aromatic rings. The number of carbonyl (C=O) groups excluding carboxylic acids is 1. The van der Waals surface area contributed by atoms with E-state index in [0.717, 1.165) is 16.9 Å². The number of hydrogen-bond donors (Lipinski definition) is 2. The van der Waals surface area contributed by atoms with Crippen molar-refractivity contribution >= 4 is 17.5 Å². The van der Waals surface area contributed by atoms with Crippen molar-refractivity contribution in [3.8, 4) is 0 Å². The molecule has 3 rings (SSSR count). The van der Waals surface area contributed by atoms with Crippen LogP contribution in [0, 0.1) is 13.8 Å². The highest BCUT2D eigenvalue weighted by molar-refractivity contribution is 5.93. The third kappa shape index (κ3) is 4.45. The molecular weight excluding hydrogens is 324 g/mol. The van der Waals surface area contributed by atoms with Gasteiger partial charge in [-0.15, -0.1) is 0 Å². The summed E-state index contributed by atoms with van der Waals surface area (Å²) in [5.41, 5.74) is 4.17. The first kappa shape index (κ1) is 17.6. The van der Waals surface area contributed by atoms with Gasteiger partial charge in [-0.25, -0.2) is 9.97 Å². The molecule has 0 aliphatic rings. The number of amides is 1. The molecule has 1 atom stereocenters. The molecule has 5 nitrogen and oxygen atoms in total. The number of rotatable bonds is 5. The SMILES string of the molecule is Cc1ccc(Nc2nc(C)cc(C(=O)NC(C)c3ccccc3)n2)cc1. The molecular formula is C21H22N4O. The van der Waals surface area contributed by atoms with Crippen LogP contribution in [0.25, 0.3) is 0 Å². The second-order valence-corrected chi connectivity index (χ2v) is 6.32. The molecule has 1 heterocycles. The third-order valence-corrected chi connectivity index (χ3v) is 4.04. The summed E-state index contributed by atoms with van der Waals surface area (Å²) in [7, 11) is 0. The molecule has 132 valence electrons. The molecule has 0 bridgehead atoms. The minimum atomic E-state index is -0.223. The van der Waals surface area contributed by atoms with E-state index in [1.807, 2.05) is 75.4 Å². The Morgan fingerprint density at radius 1 is 0.962 bits per heavy atom. The predicted molar refractivity (Wildman–Crippen MR) is 104 cm³/mol. The molecule has 0 spiro atoms. The summed E-state index contributed by atoms with van der Waals surface area (Å²) in [6.07, 6.45) is 0. The van der Waals surface area contributed by atoms with Crippen molar-refractivity contribution in [2.75, 3.05) is 5.32 Å². The molecule has 0 radical (unpaired) electrons. The van der Waals surface area contributed by atoms with Crippen LogP contribution in [-0.4, -0.2) is 15.9 Å². The Labute approximate surface area is 153 Å². The van der Waals surface area contributed by atoms with Gasteiger partial charge in [0.15, 0.2) is 0 Å². The second kappa shape index (κ2) is 7.78. The van der Waals surface area contributed by atoms with Crippen LogP contribution in [0.1, 0.15) is 40.3 Å². The molecule has 1 aromatic heterocycles. The van der Waals surface area contributed by atoms with Crippen LogP contribution in [-0.2, 0) is 0 Å². The number of aryl methyl sites for hydroxylation is 2. The highest BCUT2D eigenvalue weighted by Gasteiger charge is 2.14. The summed E-state index contributed by atoms with van der Waals surface area (Å²) < 4.78 is 0. The highest BCUT2D eigenvalue weighted by atomic mass is 16.1. The number of anilines is 2. The zero-order chi connectivity index (χ0) is 18.5. The topological polar surface area (TPSA) is 66.9 Å². The molecule has 0 aliphatic heterocycles. The number of aromatic nitrogens is 2. The standard InChI is InChI=1S/C21H22N4O/c1-14-9-11-18(12-10-14)24-21-22-15(2)13-19(25-21)20(26)23-16(3)17-7-5-4-6-8-17/h4-13,16H,1-3H3,(H,23,26)(H,22,24,25). The van der Waals surface area contributed by atoms with Crippen molar-refractivity contribution in [3.05, 3.63) is 83.2 Å². The third-order valence-electron chi connectivity index (χ3n) is 4.04. The van der Waals surface area contributed by atoms with Gasteiger partial charge in [0, 0.05) is 11.4 Å². The largest absolute Gasteiger partial charge is 0.344 e. The average molecular weight is 346 g/mol. The Kier molecular flexibility index (Phi) is 5.27. The maximum absolute atomic E-state index is 12.6. The van der Waals surface area contributed by atoms with E-state index in [4.69, 9.17) is 0 Å². The van der Waals surface area contributed by atoms with Crippen molar-refractivity contribution in [1.29, 1.82) is 0 Å². The van der Waals surface area contributed by atoms with Crippen molar-refractivity contribution < 1.29 is 4.79 Å². The predicted octanol–water partition coefficient (Wildman–Crippen LogP) is 4.33. The van der Waals surface area contributed by atoms with E-state index >= 15 is 0 Å². The number of benzene rings is 2. The normalized spacial score (nSPS) is 11.7. The van der Waals surface area contributed by atoms with Crippen LogP contribution in [0.4, 0.5) is 11.6 Å². The number of hydrogen-bond acceptors (Lipinski definition) is 4. The van der Waals surface area contributed by atoms with E-state index in [0.29, 0.717) is 11.6 Å². The van der Waals surface area contributed by atoms with Crippen LogP contribution in [0.2, 0.25) is 0 Å². The van der Waals surface area contributed by atoms with Gasteiger partial charge in [0.2, 0.25) is 5.95 Å². The fourth-order valence-electron chi connectivity index (χ4n) is 2.60. The van der Waals surface area contributed by atoms with Gasteiger partial charge in [0.25, 0.3) is 5.91 Å². The minimum absolute atomic E-state index is 0.104. The fraction of sp³-hybridized carbons (Fsp3) is 0.190. The van der Waals surface area contributed by atoms with Gasteiger partial charge in [0.05, 0.1) is 6.04 Å². The smallest absolute Gasteiger partial charge is 0.270 e. The van der Waals surface area contributed by atoms with Crippen LogP contribution in [0.5, 0.6) is 0 Å². The summed E-state index contributed by atoms with van der Waals surface area (Å²) in [6.45, 7) is 5.83. The van der Waals surface area contributed by atoms with Crippen LogP contribution < -0.4 is 10.6 Å². The second-order valence-electron chi connectivity index (χ2n) is 6.32. The lowest BCUT2D eigenvalue weighted by Gasteiger charge is -2.14. The summed E-state index contributed by atoms with van der Waals surface area (Å²) >= 11 is 0. The summed E-state index contributed by atoms with van der Waals surface area (Å²) in [4.78, 5) is 21.3. The van der Waals surface area contributed by atoms with Crippen molar-refractivity contribution in [2.45, 2.75) is 26.8 Å². The van der Waals surface area contributed by atoms with Gasteiger partial charge >= 0.3 is 0 Å². The number of nitrogens with one attached hydrogen (secondary N) is 2. The molecule has 2 aromatic carbocycles. The van der Waals surface area contributed by atoms with E-state index in [1.165, 1.54) is 5.56 Å². The minimum Gasteiger partial charge on any atom is -0.344 e. The lowest BCUT2D eigenvalue weighted by atomic mass is 10.1. The van der Waals surface area contributed by atoms with Gasteiger partial charge in [-0.3, -0.25) is 4.79 Å². The molecule has 1 unspecified atom stereocenters. The van der Waals surface area contributed by atoms with Gasteiger partial charge in [0.1, 0.15) is 5.69 Å². The molecule has 0 saturated heterocycles. The molecule has 5 heteroatoms. The van der Waals surface area contributed by atoms with Crippen LogP contribution in [0.15, 0.2) is 60.7 Å². The fourth-order valence-corrected chi connectivity index (χ4v) is 2.60. The maximum Gasteiger partial charge on any atom is 0.270 e. The Morgan fingerprint density at radius 3 is 2.35 bits per heavy atom. The first-order valence-corrected chi connectivity index (χ1v) is 8.56. The monoisotopic (exact) mass is 346 g/mol. The Bertz CT molecular complexity index is 892. The van der Waals surface area contributed by atoms with E-state index in [1.54, 1.807) is 6.07 Å². The molecule has 0 aliphatic carbocycles. The molecule has 0 fully saturated rings. The lowest BCUT2D eigenvalue weighted by Crippen LogP contribution is -2.27. The first-order chi connectivity index (χ1) is 12.5. The van der Waals surface area contributed by atoms with Gasteiger partial charge in [-0.05, 0) is 44.5 Å². The number of nitrogens with zero attached hydrogens (tertiary/aromatic N) is 2. The number of carbonyl (C=O) groups is 1.